The number of nitrogens with zero attached hydrogens (tertiary/aromatic N) is 1. The molecule has 0 aliphatic carbocycles. The van der Waals surface area contributed by atoms with Crippen LogP contribution in [0.5, 0.6) is 0 Å². The molecule has 1 amide bonds. The number of hydrogen-bond acceptors (Lipinski definition) is 4. The van der Waals surface area contributed by atoms with E-state index in [9.17, 15) is 4.79 Å². The van der Waals surface area contributed by atoms with Gasteiger partial charge in [-0.25, -0.2) is 0 Å². The van der Waals surface area contributed by atoms with E-state index in [4.69, 9.17) is 22.1 Å². The summed E-state index contributed by atoms with van der Waals surface area (Å²) >= 11 is 6.04. The third-order valence-corrected chi connectivity index (χ3v) is 3.83. The fourth-order valence-electron chi connectivity index (χ4n) is 2.56. The Labute approximate surface area is 130 Å². The number of ether oxygens (including phenoxy) is 1. The Balaban J connectivity index is 1.88. The van der Waals surface area contributed by atoms with Crippen LogP contribution in [0.3, 0.4) is 0 Å². The Bertz CT molecular complexity index is 494. The van der Waals surface area contributed by atoms with Crippen molar-refractivity contribution in [3.8, 4) is 0 Å². The third kappa shape index (κ3) is 4.88. The zero-order chi connectivity index (χ0) is 15.2. The number of carbonyl (C=O) groups excluding carboxylic acids is 1. The molecule has 1 saturated heterocycles. The second-order valence-electron chi connectivity index (χ2n) is 5.24. The maximum atomic E-state index is 12.1. The van der Waals surface area contributed by atoms with Crippen molar-refractivity contribution >= 4 is 28.9 Å². The molecule has 116 valence electrons. The highest BCUT2D eigenvalue weighted by molar-refractivity contribution is 6.33. The van der Waals surface area contributed by atoms with Gasteiger partial charge < -0.3 is 15.8 Å². The van der Waals surface area contributed by atoms with Crippen LogP contribution in [0.2, 0.25) is 5.02 Å². The first-order valence-corrected chi connectivity index (χ1v) is 7.65. The van der Waals surface area contributed by atoms with Crippen molar-refractivity contribution in [1.29, 1.82) is 0 Å². The second kappa shape index (κ2) is 7.64. The summed E-state index contributed by atoms with van der Waals surface area (Å²) < 4.78 is 5.64. The highest BCUT2D eigenvalue weighted by Gasteiger charge is 2.21. The van der Waals surface area contributed by atoms with Crippen LogP contribution in [0.1, 0.15) is 19.8 Å². The maximum Gasteiger partial charge on any atom is 0.238 e. The van der Waals surface area contributed by atoms with E-state index in [1.165, 1.54) is 0 Å². The van der Waals surface area contributed by atoms with Gasteiger partial charge in [-0.05, 0) is 44.5 Å². The Morgan fingerprint density at radius 2 is 2.38 bits per heavy atom. The van der Waals surface area contributed by atoms with Gasteiger partial charge in [0.15, 0.2) is 0 Å². The van der Waals surface area contributed by atoms with Crippen molar-refractivity contribution in [3.05, 3.63) is 23.2 Å². The minimum Gasteiger partial charge on any atom is -0.399 e. The van der Waals surface area contributed by atoms with E-state index in [-0.39, 0.29) is 12.0 Å². The number of nitrogen functional groups attached to an aromatic ring is 1. The number of amides is 1. The number of piperidine rings is 1. The lowest BCUT2D eigenvalue weighted by molar-refractivity contribution is -0.118. The fourth-order valence-corrected chi connectivity index (χ4v) is 2.72. The Morgan fingerprint density at radius 3 is 3.14 bits per heavy atom. The van der Waals surface area contributed by atoms with E-state index < -0.39 is 0 Å². The topological polar surface area (TPSA) is 67.6 Å². The molecule has 1 aromatic carbocycles. The zero-order valence-corrected chi connectivity index (χ0v) is 13.0. The minimum absolute atomic E-state index is 0.0837. The average molecular weight is 312 g/mol. The standard InChI is InChI=1S/C15H22ClN3O2/c1-2-21-12-4-3-7-19(9-12)10-15(20)18-14-8-11(17)5-6-13(14)16/h5-6,8,12H,2-4,7,9-10,17H2,1H3,(H,18,20). The molecule has 3 N–H and O–H groups in total. The molecule has 0 aromatic heterocycles. The van der Waals surface area contributed by atoms with Crippen molar-refractivity contribution < 1.29 is 9.53 Å². The number of rotatable bonds is 5. The summed E-state index contributed by atoms with van der Waals surface area (Å²) in [6, 6.07) is 5.05. The molecular formula is C15H22ClN3O2. The predicted octanol–water partition coefficient (Wildman–Crippen LogP) is 2.36. The molecule has 2 rings (SSSR count). The van der Waals surface area contributed by atoms with Gasteiger partial charge in [0.1, 0.15) is 0 Å². The van der Waals surface area contributed by atoms with E-state index in [0.717, 1.165) is 25.9 Å². The predicted molar refractivity (Wildman–Crippen MR) is 85.6 cm³/mol. The number of benzene rings is 1. The zero-order valence-electron chi connectivity index (χ0n) is 12.3. The van der Waals surface area contributed by atoms with Crippen LogP contribution in [0.25, 0.3) is 0 Å². The van der Waals surface area contributed by atoms with E-state index in [1.54, 1.807) is 18.2 Å². The number of nitrogens with one attached hydrogen (secondary N) is 1. The molecule has 6 heteroatoms. The summed E-state index contributed by atoms with van der Waals surface area (Å²) in [5, 5.41) is 3.30. The Kier molecular flexibility index (Phi) is 5.85. The normalized spacial score (nSPS) is 19.4. The fraction of sp³-hybridized carbons (Fsp3) is 0.533. The molecule has 1 unspecified atom stereocenters. The van der Waals surface area contributed by atoms with Crippen LogP contribution < -0.4 is 11.1 Å². The van der Waals surface area contributed by atoms with Gasteiger partial charge in [0.05, 0.1) is 23.4 Å². The lowest BCUT2D eigenvalue weighted by atomic mass is 10.1. The van der Waals surface area contributed by atoms with Crippen LogP contribution in [0.4, 0.5) is 11.4 Å². The second-order valence-corrected chi connectivity index (χ2v) is 5.65. The number of halogens is 1. The van der Waals surface area contributed by atoms with E-state index >= 15 is 0 Å². The molecule has 0 saturated carbocycles. The molecule has 1 aromatic rings. The van der Waals surface area contributed by atoms with Crippen molar-refractivity contribution in [1.82, 2.24) is 4.90 Å². The lowest BCUT2D eigenvalue weighted by Crippen LogP contribution is -2.43. The first kappa shape index (κ1) is 16.1. The molecule has 0 radical (unpaired) electrons. The minimum atomic E-state index is -0.0837. The van der Waals surface area contributed by atoms with Gasteiger partial charge in [0, 0.05) is 18.8 Å². The molecule has 1 aliphatic rings. The largest absolute Gasteiger partial charge is 0.399 e. The summed E-state index contributed by atoms with van der Waals surface area (Å²) in [4.78, 5) is 14.2. The van der Waals surface area contributed by atoms with Gasteiger partial charge in [-0.15, -0.1) is 0 Å². The lowest BCUT2D eigenvalue weighted by Gasteiger charge is -2.31. The number of anilines is 2. The van der Waals surface area contributed by atoms with Crippen LogP contribution >= 0.6 is 11.6 Å². The van der Waals surface area contributed by atoms with Gasteiger partial charge >= 0.3 is 0 Å². The van der Waals surface area contributed by atoms with Crippen LogP contribution in [0.15, 0.2) is 18.2 Å². The molecule has 1 atom stereocenters. The smallest absolute Gasteiger partial charge is 0.238 e. The first-order valence-electron chi connectivity index (χ1n) is 7.27. The van der Waals surface area contributed by atoms with Gasteiger partial charge in [-0.2, -0.15) is 0 Å². The van der Waals surface area contributed by atoms with Crippen LogP contribution in [-0.4, -0.2) is 43.2 Å². The quantitative estimate of drug-likeness (QED) is 0.819. The molecule has 21 heavy (non-hydrogen) atoms. The molecular weight excluding hydrogens is 290 g/mol. The maximum absolute atomic E-state index is 12.1. The molecule has 5 nitrogen and oxygen atoms in total. The first-order chi connectivity index (χ1) is 10.1. The molecule has 1 aliphatic heterocycles. The Hall–Kier alpha value is -1.30. The monoisotopic (exact) mass is 311 g/mol. The van der Waals surface area contributed by atoms with Crippen molar-refractivity contribution in [2.75, 3.05) is 37.3 Å². The highest BCUT2D eigenvalue weighted by Crippen LogP contribution is 2.24. The van der Waals surface area contributed by atoms with E-state index in [1.807, 2.05) is 6.92 Å². The van der Waals surface area contributed by atoms with E-state index in [2.05, 4.69) is 10.2 Å². The van der Waals surface area contributed by atoms with E-state index in [0.29, 0.717) is 29.5 Å². The van der Waals surface area contributed by atoms with Crippen LogP contribution in [-0.2, 0) is 9.53 Å². The van der Waals surface area contributed by atoms with Gasteiger partial charge in [-0.1, -0.05) is 11.6 Å². The molecule has 0 bridgehead atoms. The summed E-state index contributed by atoms with van der Waals surface area (Å²) in [7, 11) is 0. The summed E-state index contributed by atoms with van der Waals surface area (Å²) in [6.45, 7) is 4.76. The SMILES string of the molecule is CCOC1CCCN(CC(=O)Nc2cc(N)ccc2Cl)C1. The summed E-state index contributed by atoms with van der Waals surface area (Å²) in [6.07, 6.45) is 2.34. The third-order valence-electron chi connectivity index (χ3n) is 3.50. The molecule has 0 spiro atoms. The highest BCUT2D eigenvalue weighted by atomic mass is 35.5. The molecule has 1 heterocycles. The summed E-state index contributed by atoms with van der Waals surface area (Å²) in [5.41, 5.74) is 6.83. The Morgan fingerprint density at radius 1 is 1.57 bits per heavy atom. The van der Waals surface area contributed by atoms with Crippen molar-refractivity contribution in [2.45, 2.75) is 25.9 Å². The van der Waals surface area contributed by atoms with Gasteiger partial charge in [0.2, 0.25) is 5.91 Å². The van der Waals surface area contributed by atoms with Crippen LogP contribution in [0, 0.1) is 0 Å². The van der Waals surface area contributed by atoms with Crippen molar-refractivity contribution in [2.24, 2.45) is 0 Å². The van der Waals surface area contributed by atoms with Gasteiger partial charge in [-0.3, -0.25) is 9.69 Å². The number of likely N-dealkylation sites (tertiary alicyclic amines) is 1. The summed E-state index contributed by atoms with van der Waals surface area (Å²) in [5.74, 6) is -0.0837. The number of nitrogens with two attached hydrogens (primary N) is 1. The average Bonchev–Trinajstić information content (AvgIpc) is 2.43. The van der Waals surface area contributed by atoms with Crippen molar-refractivity contribution in [3.63, 3.8) is 0 Å². The number of hydrogen-bond donors (Lipinski definition) is 2. The van der Waals surface area contributed by atoms with Gasteiger partial charge in [0.25, 0.3) is 0 Å². The number of carbonyl (C=O) groups is 1. The molecule has 1 fully saturated rings.